The Morgan fingerprint density at radius 3 is 2.39 bits per heavy atom. The molecule has 1 aliphatic rings. The normalized spacial score (nSPS) is 15.1. The van der Waals surface area contributed by atoms with E-state index in [1.807, 2.05) is 4.57 Å². The van der Waals surface area contributed by atoms with E-state index in [2.05, 4.69) is 26.1 Å². The second kappa shape index (κ2) is 4.42. The first-order chi connectivity index (χ1) is 8.69. The Bertz CT molecular complexity index is 573. The van der Waals surface area contributed by atoms with Gasteiger partial charge in [0.05, 0.1) is 5.33 Å². The smallest absolute Gasteiger partial charge is 0.164 e. The van der Waals surface area contributed by atoms with Crippen molar-refractivity contribution in [2.24, 2.45) is 0 Å². The lowest BCUT2D eigenvalue weighted by molar-refractivity contribution is 0.583. The summed E-state index contributed by atoms with van der Waals surface area (Å²) in [6.45, 7) is 0. The third-order valence-corrected chi connectivity index (χ3v) is 3.42. The quantitative estimate of drug-likeness (QED) is 0.813. The third-order valence-electron chi connectivity index (χ3n) is 2.92. The summed E-state index contributed by atoms with van der Waals surface area (Å²) in [5, 5.41) is 8.68. The van der Waals surface area contributed by atoms with Gasteiger partial charge in [-0.2, -0.15) is 0 Å². The van der Waals surface area contributed by atoms with Crippen molar-refractivity contribution >= 4 is 15.9 Å². The maximum absolute atomic E-state index is 13.2. The van der Waals surface area contributed by atoms with Crippen LogP contribution in [0, 0.1) is 11.6 Å². The maximum Gasteiger partial charge on any atom is 0.164 e. The third kappa shape index (κ3) is 2.05. The van der Waals surface area contributed by atoms with Crippen LogP contribution in [0.1, 0.15) is 24.7 Å². The summed E-state index contributed by atoms with van der Waals surface area (Å²) in [6.07, 6.45) is 2.12. The number of rotatable bonds is 3. The van der Waals surface area contributed by atoms with E-state index in [0.717, 1.165) is 24.7 Å². The van der Waals surface area contributed by atoms with E-state index in [0.29, 0.717) is 22.8 Å². The van der Waals surface area contributed by atoms with E-state index >= 15 is 0 Å². The highest BCUT2D eigenvalue weighted by molar-refractivity contribution is 9.08. The largest absolute Gasteiger partial charge is 0.307 e. The van der Waals surface area contributed by atoms with Gasteiger partial charge in [-0.05, 0) is 25.0 Å². The summed E-state index contributed by atoms with van der Waals surface area (Å²) in [5.41, 5.74) is 0.430. The van der Waals surface area contributed by atoms with Gasteiger partial charge < -0.3 is 4.57 Å². The van der Waals surface area contributed by atoms with Gasteiger partial charge in [-0.15, -0.1) is 10.2 Å². The summed E-state index contributed by atoms with van der Waals surface area (Å²) in [4.78, 5) is 0. The van der Waals surface area contributed by atoms with Crippen LogP contribution in [0.25, 0.3) is 11.4 Å². The zero-order valence-electron chi connectivity index (χ0n) is 9.41. The monoisotopic (exact) mass is 313 g/mol. The van der Waals surface area contributed by atoms with Crippen LogP contribution in [-0.2, 0) is 5.33 Å². The SMILES string of the molecule is Fc1cc(F)cc(-c2nnc(CBr)n2C2CC2)c1. The van der Waals surface area contributed by atoms with Crippen molar-refractivity contribution in [3.63, 3.8) is 0 Å². The van der Waals surface area contributed by atoms with Crippen molar-refractivity contribution in [2.45, 2.75) is 24.2 Å². The molecule has 0 spiro atoms. The molecule has 1 aromatic heterocycles. The Balaban J connectivity index is 2.13. The lowest BCUT2D eigenvalue weighted by Crippen LogP contribution is -2.02. The zero-order chi connectivity index (χ0) is 12.7. The van der Waals surface area contributed by atoms with Gasteiger partial charge >= 0.3 is 0 Å². The molecule has 1 fully saturated rings. The molecule has 1 heterocycles. The Labute approximate surface area is 111 Å². The van der Waals surface area contributed by atoms with Gasteiger partial charge in [0.2, 0.25) is 0 Å². The molecule has 0 radical (unpaired) electrons. The van der Waals surface area contributed by atoms with E-state index in [-0.39, 0.29) is 0 Å². The molecule has 0 bridgehead atoms. The van der Waals surface area contributed by atoms with Crippen LogP contribution < -0.4 is 0 Å². The molecule has 0 saturated heterocycles. The molecular formula is C12H10BrF2N3. The summed E-state index contributed by atoms with van der Waals surface area (Å²) >= 11 is 3.35. The minimum Gasteiger partial charge on any atom is -0.307 e. The van der Waals surface area contributed by atoms with Crippen molar-refractivity contribution < 1.29 is 8.78 Å². The van der Waals surface area contributed by atoms with Crippen LogP contribution in [0.5, 0.6) is 0 Å². The number of hydrogen-bond acceptors (Lipinski definition) is 2. The second-order valence-electron chi connectivity index (χ2n) is 4.33. The van der Waals surface area contributed by atoms with Gasteiger partial charge in [0.15, 0.2) is 5.82 Å². The minimum atomic E-state index is -0.601. The molecule has 1 aromatic carbocycles. The fourth-order valence-corrected chi connectivity index (χ4v) is 2.39. The van der Waals surface area contributed by atoms with Crippen molar-refractivity contribution in [2.75, 3.05) is 0 Å². The maximum atomic E-state index is 13.2. The van der Waals surface area contributed by atoms with Crippen molar-refractivity contribution in [3.05, 3.63) is 35.7 Å². The average molecular weight is 314 g/mol. The molecule has 3 rings (SSSR count). The van der Waals surface area contributed by atoms with Crippen LogP contribution >= 0.6 is 15.9 Å². The first kappa shape index (κ1) is 11.8. The lowest BCUT2D eigenvalue weighted by atomic mass is 10.2. The van der Waals surface area contributed by atoms with Crippen LogP contribution in [-0.4, -0.2) is 14.8 Å². The fraction of sp³-hybridized carbons (Fsp3) is 0.333. The molecule has 0 atom stereocenters. The predicted octanol–water partition coefficient (Wildman–Crippen LogP) is 3.45. The molecule has 0 unspecified atom stereocenters. The highest BCUT2D eigenvalue weighted by Crippen LogP contribution is 2.39. The van der Waals surface area contributed by atoms with Crippen LogP contribution in [0.2, 0.25) is 0 Å². The molecule has 18 heavy (non-hydrogen) atoms. The Morgan fingerprint density at radius 1 is 1.17 bits per heavy atom. The summed E-state index contributed by atoms with van der Waals surface area (Å²) in [6, 6.07) is 3.77. The van der Waals surface area contributed by atoms with Crippen LogP contribution in [0.15, 0.2) is 18.2 Å². The molecule has 2 aromatic rings. The van der Waals surface area contributed by atoms with E-state index < -0.39 is 11.6 Å². The molecule has 6 heteroatoms. The van der Waals surface area contributed by atoms with Crippen LogP contribution in [0.3, 0.4) is 0 Å². The summed E-state index contributed by atoms with van der Waals surface area (Å²) in [7, 11) is 0. The summed E-state index contributed by atoms with van der Waals surface area (Å²) in [5.74, 6) is 0.119. The average Bonchev–Trinajstić information content (AvgIpc) is 3.07. The minimum absolute atomic E-state index is 0.355. The molecule has 0 amide bonds. The van der Waals surface area contributed by atoms with E-state index in [1.54, 1.807) is 0 Å². The topological polar surface area (TPSA) is 30.7 Å². The van der Waals surface area contributed by atoms with Gasteiger partial charge in [0.1, 0.15) is 17.5 Å². The van der Waals surface area contributed by atoms with Gasteiger partial charge in [-0.1, -0.05) is 15.9 Å². The molecular weight excluding hydrogens is 304 g/mol. The Hall–Kier alpha value is -1.30. The van der Waals surface area contributed by atoms with Crippen molar-refractivity contribution in [1.29, 1.82) is 0 Å². The number of nitrogens with zero attached hydrogens (tertiary/aromatic N) is 3. The van der Waals surface area contributed by atoms with E-state index in [9.17, 15) is 8.78 Å². The first-order valence-electron chi connectivity index (χ1n) is 5.65. The second-order valence-corrected chi connectivity index (χ2v) is 4.89. The van der Waals surface area contributed by atoms with Gasteiger partial charge in [0.25, 0.3) is 0 Å². The number of alkyl halides is 1. The zero-order valence-corrected chi connectivity index (χ0v) is 11.0. The molecule has 0 aliphatic heterocycles. The standard InChI is InChI=1S/C12H10BrF2N3/c13-6-11-16-17-12(18(11)10-1-2-10)7-3-8(14)5-9(15)4-7/h3-5,10H,1-2,6H2. The van der Waals surface area contributed by atoms with Gasteiger partial charge in [0, 0.05) is 17.7 Å². The number of halogens is 3. The van der Waals surface area contributed by atoms with Crippen molar-refractivity contribution in [1.82, 2.24) is 14.8 Å². The van der Waals surface area contributed by atoms with E-state index in [1.165, 1.54) is 12.1 Å². The highest BCUT2D eigenvalue weighted by atomic mass is 79.9. The summed E-state index contributed by atoms with van der Waals surface area (Å²) < 4.78 is 28.4. The fourth-order valence-electron chi connectivity index (χ4n) is 2.01. The number of benzene rings is 1. The van der Waals surface area contributed by atoms with Gasteiger partial charge in [-0.3, -0.25) is 0 Å². The Morgan fingerprint density at radius 2 is 1.83 bits per heavy atom. The number of hydrogen-bond donors (Lipinski definition) is 0. The lowest BCUT2D eigenvalue weighted by Gasteiger charge is -2.07. The number of aromatic nitrogens is 3. The van der Waals surface area contributed by atoms with Crippen molar-refractivity contribution in [3.8, 4) is 11.4 Å². The molecule has 3 nitrogen and oxygen atoms in total. The predicted molar refractivity (Wildman–Crippen MR) is 66.3 cm³/mol. The highest BCUT2D eigenvalue weighted by Gasteiger charge is 2.29. The molecule has 94 valence electrons. The molecule has 0 N–H and O–H groups in total. The first-order valence-corrected chi connectivity index (χ1v) is 6.77. The van der Waals surface area contributed by atoms with Crippen LogP contribution in [0.4, 0.5) is 8.78 Å². The van der Waals surface area contributed by atoms with E-state index in [4.69, 9.17) is 0 Å². The molecule has 1 saturated carbocycles. The Kier molecular flexibility index (Phi) is 2.89. The molecule has 1 aliphatic carbocycles. The van der Waals surface area contributed by atoms with Gasteiger partial charge in [-0.25, -0.2) is 8.78 Å².